The Morgan fingerprint density at radius 3 is 2.51 bits per heavy atom. The van der Waals surface area contributed by atoms with E-state index in [1.165, 1.54) is 16.9 Å². The van der Waals surface area contributed by atoms with Gasteiger partial charge in [0.1, 0.15) is 24.6 Å². The van der Waals surface area contributed by atoms with E-state index in [1.807, 2.05) is 49.4 Å². The van der Waals surface area contributed by atoms with E-state index in [2.05, 4.69) is 6.07 Å². The van der Waals surface area contributed by atoms with Crippen molar-refractivity contribution in [2.24, 2.45) is 0 Å². The number of thiocarbonyl (C=S) groups is 1. The second-order valence-electron chi connectivity index (χ2n) is 7.91. The average molecular weight is 507 g/mol. The number of methoxy groups -OCH3 is 1. The number of hydrogen-bond acceptors (Lipinski definition) is 5. The highest BCUT2D eigenvalue weighted by Crippen LogP contribution is 2.31. The van der Waals surface area contributed by atoms with Crippen molar-refractivity contribution in [3.63, 3.8) is 0 Å². The van der Waals surface area contributed by atoms with Crippen molar-refractivity contribution in [1.82, 2.24) is 4.90 Å². The number of aryl methyl sites for hydroxylation is 1. The van der Waals surface area contributed by atoms with Gasteiger partial charge >= 0.3 is 5.97 Å². The maximum absolute atomic E-state index is 13.5. The predicted molar refractivity (Wildman–Crippen MR) is 140 cm³/mol. The summed E-state index contributed by atoms with van der Waals surface area (Å²) >= 11 is 11.6. The van der Waals surface area contributed by atoms with Crippen molar-refractivity contribution >= 4 is 52.6 Å². The maximum atomic E-state index is 13.5. The van der Waals surface area contributed by atoms with Crippen molar-refractivity contribution in [3.05, 3.63) is 100 Å². The van der Waals surface area contributed by atoms with Crippen LogP contribution in [0.4, 0.5) is 5.69 Å². The molecule has 0 radical (unpaired) electrons. The molecule has 35 heavy (non-hydrogen) atoms. The van der Waals surface area contributed by atoms with Crippen LogP contribution in [0.15, 0.2) is 78.5 Å². The minimum atomic E-state index is -0.520. The Balaban J connectivity index is 1.69. The molecular weight excluding hydrogens is 484 g/mol. The molecule has 1 fully saturated rings. The van der Waals surface area contributed by atoms with Crippen molar-refractivity contribution < 1.29 is 19.1 Å². The summed E-state index contributed by atoms with van der Waals surface area (Å²) in [7, 11) is 1.29. The van der Waals surface area contributed by atoms with Crippen molar-refractivity contribution in [3.8, 4) is 5.75 Å². The third-order valence-electron chi connectivity index (χ3n) is 5.42. The Morgan fingerprint density at radius 1 is 1.06 bits per heavy atom. The molecule has 0 spiro atoms. The maximum Gasteiger partial charge on any atom is 0.325 e. The molecule has 1 heterocycles. The van der Waals surface area contributed by atoms with Gasteiger partial charge in [0, 0.05) is 10.6 Å². The molecule has 1 amide bonds. The van der Waals surface area contributed by atoms with Gasteiger partial charge in [-0.05, 0) is 61.1 Å². The number of esters is 1. The van der Waals surface area contributed by atoms with E-state index < -0.39 is 5.97 Å². The first-order chi connectivity index (χ1) is 16.9. The van der Waals surface area contributed by atoms with Crippen LogP contribution in [-0.4, -0.2) is 35.5 Å². The van der Waals surface area contributed by atoms with Crippen LogP contribution in [0.5, 0.6) is 5.75 Å². The number of carbonyl (C=O) groups is 2. The van der Waals surface area contributed by atoms with Crippen LogP contribution < -0.4 is 9.64 Å². The average Bonchev–Trinajstić information content (AvgIpc) is 3.08. The normalized spacial score (nSPS) is 14.5. The van der Waals surface area contributed by atoms with Gasteiger partial charge in [0.15, 0.2) is 5.11 Å². The number of carbonyl (C=O) groups excluding carboxylic acids is 2. The highest BCUT2D eigenvalue weighted by atomic mass is 35.5. The first-order valence-corrected chi connectivity index (χ1v) is 11.6. The lowest BCUT2D eigenvalue weighted by Gasteiger charge is -2.19. The van der Waals surface area contributed by atoms with E-state index in [0.717, 1.165) is 11.1 Å². The number of amides is 1. The second kappa shape index (κ2) is 10.7. The SMILES string of the molecule is COC(=O)CN1C(=S)N(c2ccc(Cl)cc2)C(=O)/C1=C/c1ccccc1OCc1cccc(C)c1. The molecule has 0 aliphatic carbocycles. The molecule has 0 unspecified atom stereocenters. The van der Waals surface area contributed by atoms with Crippen LogP contribution in [0, 0.1) is 6.92 Å². The molecule has 178 valence electrons. The molecule has 6 nitrogen and oxygen atoms in total. The van der Waals surface area contributed by atoms with E-state index in [0.29, 0.717) is 28.6 Å². The van der Waals surface area contributed by atoms with Crippen molar-refractivity contribution in [2.75, 3.05) is 18.6 Å². The lowest BCUT2D eigenvalue weighted by atomic mass is 10.1. The molecule has 0 N–H and O–H groups in total. The number of anilines is 1. The Morgan fingerprint density at radius 2 is 1.80 bits per heavy atom. The first-order valence-electron chi connectivity index (χ1n) is 10.8. The summed E-state index contributed by atoms with van der Waals surface area (Å²) in [6.45, 7) is 2.19. The van der Waals surface area contributed by atoms with E-state index >= 15 is 0 Å². The summed E-state index contributed by atoms with van der Waals surface area (Å²) < 4.78 is 10.9. The Labute approximate surface area is 214 Å². The lowest BCUT2D eigenvalue weighted by Crippen LogP contribution is -2.35. The summed E-state index contributed by atoms with van der Waals surface area (Å²) in [5.41, 5.74) is 3.65. The van der Waals surface area contributed by atoms with E-state index in [1.54, 1.807) is 30.3 Å². The fourth-order valence-corrected chi connectivity index (χ4v) is 4.16. The quantitative estimate of drug-likeness (QED) is 0.244. The minimum absolute atomic E-state index is 0.173. The van der Waals surface area contributed by atoms with Gasteiger partial charge in [0.05, 0.1) is 12.8 Å². The summed E-state index contributed by atoms with van der Waals surface area (Å²) in [5.74, 6) is -0.286. The van der Waals surface area contributed by atoms with Gasteiger partial charge in [-0.15, -0.1) is 0 Å². The Hall–Kier alpha value is -3.68. The summed E-state index contributed by atoms with van der Waals surface area (Å²) in [4.78, 5) is 28.5. The highest BCUT2D eigenvalue weighted by Gasteiger charge is 2.40. The van der Waals surface area contributed by atoms with Crippen LogP contribution in [0.2, 0.25) is 5.02 Å². The first kappa shape index (κ1) is 24.4. The number of para-hydroxylation sites is 1. The second-order valence-corrected chi connectivity index (χ2v) is 8.71. The summed E-state index contributed by atoms with van der Waals surface area (Å²) in [5, 5.41) is 0.709. The molecule has 0 bridgehead atoms. The highest BCUT2D eigenvalue weighted by molar-refractivity contribution is 7.80. The number of rotatable bonds is 7. The zero-order chi connectivity index (χ0) is 24.9. The van der Waals surface area contributed by atoms with Crippen LogP contribution in [0.3, 0.4) is 0 Å². The van der Waals surface area contributed by atoms with Gasteiger partial charge < -0.3 is 14.4 Å². The van der Waals surface area contributed by atoms with Crippen LogP contribution in [0.1, 0.15) is 16.7 Å². The zero-order valence-corrected chi connectivity index (χ0v) is 20.8. The molecule has 0 atom stereocenters. The molecule has 0 aromatic heterocycles. The predicted octanol–water partition coefficient (Wildman–Crippen LogP) is 5.38. The monoisotopic (exact) mass is 506 g/mol. The van der Waals surface area contributed by atoms with Gasteiger partial charge in [0.2, 0.25) is 0 Å². The van der Waals surface area contributed by atoms with Crippen LogP contribution >= 0.6 is 23.8 Å². The molecule has 3 aromatic carbocycles. The number of halogens is 1. The number of ether oxygens (including phenoxy) is 2. The third-order valence-corrected chi connectivity index (χ3v) is 6.08. The van der Waals surface area contributed by atoms with Crippen molar-refractivity contribution in [2.45, 2.75) is 13.5 Å². The molecule has 4 rings (SSSR count). The van der Waals surface area contributed by atoms with E-state index in [4.69, 9.17) is 33.3 Å². The van der Waals surface area contributed by atoms with Crippen molar-refractivity contribution in [1.29, 1.82) is 0 Å². The molecule has 1 aliphatic heterocycles. The molecular formula is C27H23ClN2O4S. The zero-order valence-electron chi connectivity index (χ0n) is 19.2. The summed E-state index contributed by atoms with van der Waals surface area (Å²) in [6.07, 6.45) is 1.68. The number of benzene rings is 3. The number of hydrogen-bond donors (Lipinski definition) is 0. The molecule has 1 aliphatic rings. The van der Waals surface area contributed by atoms with Gasteiger partial charge in [0.25, 0.3) is 5.91 Å². The van der Waals surface area contributed by atoms with E-state index in [-0.39, 0.29) is 23.3 Å². The van der Waals surface area contributed by atoms with Crippen LogP contribution in [0.25, 0.3) is 6.08 Å². The molecule has 0 saturated carbocycles. The fraction of sp³-hybridized carbons (Fsp3) is 0.148. The largest absolute Gasteiger partial charge is 0.488 e. The fourth-order valence-electron chi connectivity index (χ4n) is 3.69. The number of nitrogens with zero attached hydrogens (tertiary/aromatic N) is 2. The molecule has 1 saturated heterocycles. The molecule has 8 heteroatoms. The standard InChI is InChI=1S/C27H23ClN2O4S/c1-18-6-5-7-19(14-18)17-34-24-9-4-3-8-20(24)15-23-26(32)30(22-12-10-21(28)11-13-22)27(35)29(23)16-25(31)33-2/h3-15H,16-17H2,1-2H3/b23-15-. The Bertz CT molecular complexity index is 1310. The minimum Gasteiger partial charge on any atom is -0.488 e. The van der Waals surface area contributed by atoms with Gasteiger partial charge in [-0.2, -0.15) is 0 Å². The lowest BCUT2D eigenvalue weighted by molar-refractivity contribution is -0.140. The molecule has 3 aromatic rings. The van der Waals surface area contributed by atoms with Gasteiger partial charge in [-0.3, -0.25) is 14.5 Å². The van der Waals surface area contributed by atoms with E-state index in [9.17, 15) is 9.59 Å². The summed E-state index contributed by atoms with van der Waals surface area (Å²) in [6, 6.07) is 22.2. The topological polar surface area (TPSA) is 59.1 Å². The van der Waals surface area contributed by atoms with Gasteiger partial charge in [-0.25, -0.2) is 0 Å². The smallest absolute Gasteiger partial charge is 0.325 e. The third kappa shape index (κ3) is 5.53. The van der Waals surface area contributed by atoms with Crippen LogP contribution in [-0.2, 0) is 20.9 Å². The Kier molecular flexibility index (Phi) is 7.48. The van der Waals surface area contributed by atoms with Gasteiger partial charge in [-0.1, -0.05) is 59.6 Å².